The zero-order chi connectivity index (χ0) is 19.1. The number of benzene rings is 1. The molecule has 142 valence electrons. The molecule has 1 fully saturated rings. The predicted molar refractivity (Wildman–Crippen MR) is 114 cm³/mol. The van der Waals surface area contributed by atoms with Gasteiger partial charge in [-0.1, -0.05) is 48.0 Å². The lowest BCUT2D eigenvalue weighted by atomic mass is 9.87. The van der Waals surface area contributed by atoms with E-state index in [1.807, 2.05) is 18.2 Å². The summed E-state index contributed by atoms with van der Waals surface area (Å²) in [6.45, 7) is 2.77. The lowest BCUT2D eigenvalue weighted by Gasteiger charge is -2.22. The Morgan fingerprint density at radius 1 is 1.27 bits per heavy atom. The summed E-state index contributed by atoms with van der Waals surface area (Å²) in [4.78, 5) is 17.7. The monoisotopic (exact) mass is 419 g/mol. The molecule has 0 unspecified atom stereocenters. The van der Waals surface area contributed by atoms with Crippen molar-refractivity contribution in [3.05, 3.63) is 34.4 Å². The topological polar surface area (TPSA) is 59.2 Å². The highest BCUT2D eigenvalue weighted by Crippen LogP contribution is 2.27. The van der Waals surface area contributed by atoms with E-state index in [-0.39, 0.29) is 5.78 Å². The minimum atomic E-state index is -0.0677. The first kappa shape index (κ1) is 20.8. The van der Waals surface area contributed by atoms with Crippen molar-refractivity contribution in [3.8, 4) is 0 Å². The second-order valence-corrected chi connectivity index (χ2v) is 8.31. The van der Waals surface area contributed by atoms with E-state index < -0.39 is 0 Å². The first-order valence-corrected chi connectivity index (χ1v) is 10.2. The molecule has 0 radical (unpaired) electrons. The minimum Gasteiger partial charge on any atom is -0.398 e. The molecule has 1 aromatic carbocycles. The number of rotatable bonds is 4. The van der Waals surface area contributed by atoms with E-state index in [1.54, 1.807) is 0 Å². The lowest BCUT2D eigenvalue weighted by molar-refractivity contribution is 0.101. The third-order valence-corrected chi connectivity index (χ3v) is 5.45. The highest BCUT2D eigenvalue weighted by atomic mass is 79.9. The Bertz CT molecular complexity index is 739. The van der Waals surface area contributed by atoms with E-state index in [0.717, 1.165) is 21.3 Å². The Balaban J connectivity index is 0.000000197. The standard InChI is InChI=1S/C11H9BrN2O.C10H21N/c1-6(15)9-5-14-10-3-2-7(12)4-8(10)11(9)13;1-11(2)9-8-10-6-4-3-5-7-10/h2-5H,1H3,(H2,13,14);10H,3-9H2,1-2H3. The van der Waals surface area contributed by atoms with Crippen LogP contribution in [0.25, 0.3) is 10.9 Å². The first-order chi connectivity index (χ1) is 12.4. The Labute approximate surface area is 165 Å². The van der Waals surface area contributed by atoms with Crippen molar-refractivity contribution in [1.82, 2.24) is 9.88 Å². The molecule has 1 saturated carbocycles. The van der Waals surface area contributed by atoms with Crippen LogP contribution in [-0.2, 0) is 0 Å². The molecular weight excluding hydrogens is 390 g/mol. The molecule has 26 heavy (non-hydrogen) atoms. The number of hydrogen-bond donors (Lipinski definition) is 1. The lowest BCUT2D eigenvalue weighted by Crippen LogP contribution is -2.18. The van der Waals surface area contributed by atoms with Gasteiger partial charge in [0, 0.05) is 16.1 Å². The van der Waals surface area contributed by atoms with Gasteiger partial charge in [-0.15, -0.1) is 0 Å². The fraction of sp³-hybridized carbons (Fsp3) is 0.524. The number of hydrogen-bond acceptors (Lipinski definition) is 4. The van der Waals surface area contributed by atoms with Gasteiger partial charge in [0.05, 0.1) is 16.8 Å². The zero-order valence-corrected chi connectivity index (χ0v) is 17.7. The summed E-state index contributed by atoms with van der Waals surface area (Å²) in [5.41, 5.74) is 7.67. The number of halogens is 1. The van der Waals surface area contributed by atoms with Gasteiger partial charge in [0.15, 0.2) is 5.78 Å². The van der Waals surface area contributed by atoms with E-state index >= 15 is 0 Å². The van der Waals surface area contributed by atoms with Crippen molar-refractivity contribution >= 4 is 38.3 Å². The van der Waals surface area contributed by atoms with E-state index in [0.29, 0.717) is 11.3 Å². The number of carbonyl (C=O) groups excluding carboxylic acids is 1. The second kappa shape index (κ2) is 10.0. The van der Waals surface area contributed by atoms with Crippen molar-refractivity contribution in [2.45, 2.75) is 45.4 Å². The van der Waals surface area contributed by atoms with E-state index in [4.69, 9.17) is 5.73 Å². The van der Waals surface area contributed by atoms with E-state index in [2.05, 4.69) is 39.9 Å². The summed E-state index contributed by atoms with van der Waals surface area (Å²) in [5, 5.41) is 0.803. The van der Waals surface area contributed by atoms with Gasteiger partial charge in [-0.3, -0.25) is 9.78 Å². The van der Waals surface area contributed by atoms with E-state index in [9.17, 15) is 4.79 Å². The molecule has 4 nitrogen and oxygen atoms in total. The number of Topliss-reactive ketones (excluding diaryl/α,β-unsaturated/α-hetero) is 1. The van der Waals surface area contributed by atoms with Crippen LogP contribution in [0.2, 0.25) is 0 Å². The number of nitrogens with zero attached hydrogens (tertiary/aromatic N) is 2. The van der Waals surface area contributed by atoms with Crippen molar-refractivity contribution in [2.75, 3.05) is 26.4 Å². The molecule has 5 heteroatoms. The molecule has 0 atom stereocenters. The second-order valence-electron chi connectivity index (χ2n) is 7.40. The average molecular weight is 420 g/mol. The van der Waals surface area contributed by atoms with Crippen LogP contribution in [-0.4, -0.2) is 36.3 Å². The number of pyridine rings is 1. The first-order valence-electron chi connectivity index (χ1n) is 9.38. The van der Waals surface area contributed by atoms with Gasteiger partial charge in [0.1, 0.15) is 0 Å². The maximum absolute atomic E-state index is 11.3. The fourth-order valence-corrected chi connectivity index (χ4v) is 3.74. The number of carbonyl (C=O) groups is 1. The highest BCUT2D eigenvalue weighted by molar-refractivity contribution is 9.10. The molecule has 2 aromatic rings. The van der Waals surface area contributed by atoms with Gasteiger partial charge >= 0.3 is 0 Å². The third-order valence-electron chi connectivity index (χ3n) is 4.96. The molecule has 1 aromatic heterocycles. The van der Waals surface area contributed by atoms with Gasteiger partial charge in [-0.05, 0) is 58.1 Å². The SMILES string of the molecule is CC(=O)c1cnc2ccc(Br)cc2c1N.CN(C)CCC1CCCCC1. The quantitative estimate of drug-likeness (QED) is 0.682. The summed E-state index contributed by atoms with van der Waals surface area (Å²) >= 11 is 3.36. The van der Waals surface area contributed by atoms with Gasteiger partial charge < -0.3 is 10.6 Å². The number of nitrogen functional groups attached to an aromatic ring is 1. The maximum Gasteiger partial charge on any atom is 0.163 e. The third kappa shape index (κ3) is 6.06. The molecule has 1 aliphatic carbocycles. The van der Waals surface area contributed by atoms with Gasteiger partial charge in [0.25, 0.3) is 0 Å². The minimum absolute atomic E-state index is 0.0677. The molecule has 2 N–H and O–H groups in total. The maximum atomic E-state index is 11.3. The fourth-order valence-electron chi connectivity index (χ4n) is 3.38. The molecule has 0 amide bonds. The summed E-state index contributed by atoms with van der Waals surface area (Å²) < 4.78 is 0.921. The molecule has 0 aliphatic heterocycles. The van der Waals surface area contributed by atoms with Crippen molar-refractivity contribution in [2.24, 2.45) is 5.92 Å². The van der Waals surface area contributed by atoms with Crippen LogP contribution in [0.3, 0.4) is 0 Å². The molecule has 0 spiro atoms. The Kier molecular flexibility index (Phi) is 8.04. The number of aromatic nitrogens is 1. The number of nitrogens with two attached hydrogens (primary N) is 1. The summed E-state index contributed by atoms with van der Waals surface area (Å²) in [5.74, 6) is 0.980. The molecule has 3 rings (SSSR count). The molecule has 0 bridgehead atoms. The van der Waals surface area contributed by atoms with Crippen LogP contribution in [0.5, 0.6) is 0 Å². The molecule has 1 aliphatic rings. The van der Waals surface area contributed by atoms with Gasteiger partial charge in [-0.25, -0.2) is 0 Å². The van der Waals surface area contributed by atoms with Crippen LogP contribution in [0, 0.1) is 5.92 Å². The number of anilines is 1. The predicted octanol–water partition coefficient (Wildman–Crippen LogP) is 5.30. The Hall–Kier alpha value is -1.46. The average Bonchev–Trinajstić information content (AvgIpc) is 2.62. The zero-order valence-electron chi connectivity index (χ0n) is 16.1. The van der Waals surface area contributed by atoms with Crippen molar-refractivity contribution < 1.29 is 4.79 Å². The van der Waals surface area contributed by atoms with Crippen LogP contribution in [0.1, 0.15) is 55.8 Å². The molecule has 0 saturated heterocycles. The Morgan fingerprint density at radius 3 is 2.58 bits per heavy atom. The van der Waals surface area contributed by atoms with Crippen LogP contribution < -0.4 is 5.73 Å². The Morgan fingerprint density at radius 2 is 1.96 bits per heavy atom. The largest absolute Gasteiger partial charge is 0.398 e. The summed E-state index contributed by atoms with van der Waals surface area (Å²) in [7, 11) is 4.34. The van der Waals surface area contributed by atoms with E-state index in [1.165, 1.54) is 58.2 Å². The molecular formula is C21H30BrN3O. The van der Waals surface area contributed by atoms with Crippen LogP contribution in [0.4, 0.5) is 5.69 Å². The van der Waals surface area contributed by atoms with Crippen molar-refractivity contribution in [3.63, 3.8) is 0 Å². The summed E-state index contributed by atoms with van der Waals surface area (Å²) in [6, 6.07) is 5.62. The van der Waals surface area contributed by atoms with Crippen molar-refractivity contribution in [1.29, 1.82) is 0 Å². The molecule has 1 heterocycles. The number of fused-ring (bicyclic) bond motifs is 1. The highest BCUT2D eigenvalue weighted by Gasteiger charge is 2.12. The smallest absolute Gasteiger partial charge is 0.163 e. The van der Waals surface area contributed by atoms with Gasteiger partial charge in [-0.2, -0.15) is 0 Å². The normalized spacial score (nSPS) is 15.0. The number of ketones is 1. The van der Waals surface area contributed by atoms with Crippen LogP contribution >= 0.6 is 15.9 Å². The van der Waals surface area contributed by atoms with Crippen LogP contribution in [0.15, 0.2) is 28.9 Å². The van der Waals surface area contributed by atoms with Gasteiger partial charge in [0.2, 0.25) is 0 Å². The summed E-state index contributed by atoms with van der Waals surface area (Å²) in [6.07, 6.45) is 10.4.